The number of fused-ring (bicyclic) bond motifs is 1. The number of para-hydroxylation sites is 1. The van der Waals surface area contributed by atoms with Crippen LogP contribution in [-0.4, -0.2) is 18.9 Å². The van der Waals surface area contributed by atoms with E-state index in [1.807, 2.05) is 6.92 Å². The van der Waals surface area contributed by atoms with E-state index < -0.39 is 5.97 Å². The number of rotatable bonds is 4. The van der Waals surface area contributed by atoms with E-state index in [2.05, 4.69) is 0 Å². The first-order valence-electron chi connectivity index (χ1n) is 8.97. The molecule has 0 atom stereocenters. The van der Waals surface area contributed by atoms with Gasteiger partial charge in [0.2, 0.25) is 5.78 Å². The third-order valence-corrected chi connectivity index (χ3v) is 4.52. The molecule has 0 spiro atoms. The molecule has 0 bridgehead atoms. The Labute approximate surface area is 167 Å². The molecule has 4 rings (SSSR count). The number of Topliss-reactive ketones (excluding diaryl/α,β-unsaturated/α-hetero) is 1. The number of methoxy groups -OCH3 is 1. The lowest BCUT2D eigenvalue weighted by Gasteiger charge is -2.10. The summed E-state index contributed by atoms with van der Waals surface area (Å²) < 4.78 is 21.9. The van der Waals surface area contributed by atoms with Crippen LogP contribution in [0.5, 0.6) is 17.2 Å². The summed E-state index contributed by atoms with van der Waals surface area (Å²) in [5.74, 6) is 1.65. The number of carbonyl (C=O) groups is 2. The van der Waals surface area contributed by atoms with Gasteiger partial charge in [0.05, 0.1) is 12.7 Å². The number of aryl methyl sites for hydroxylation is 2. The topological polar surface area (TPSA) is 75.0 Å². The van der Waals surface area contributed by atoms with Gasteiger partial charge in [0, 0.05) is 12.1 Å². The molecule has 1 aliphatic rings. The number of hydrogen-bond donors (Lipinski definition) is 0. The van der Waals surface area contributed by atoms with Gasteiger partial charge in [-0.15, -0.1) is 0 Å². The van der Waals surface area contributed by atoms with Crippen molar-refractivity contribution in [2.24, 2.45) is 0 Å². The maximum Gasteiger partial charge on any atom is 0.347 e. The quantitative estimate of drug-likeness (QED) is 0.364. The van der Waals surface area contributed by atoms with Gasteiger partial charge in [-0.25, -0.2) is 4.79 Å². The first-order valence-corrected chi connectivity index (χ1v) is 8.97. The van der Waals surface area contributed by atoms with Crippen LogP contribution in [0.3, 0.4) is 0 Å². The lowest BCUT2D eigenvalue weighted by atomic mass is 10.0. The third-order valence-electron chi connectivity index (χ3n) is 4.52. The summed E-state index contributed by atoms with van der Waals surface area (Å²) in [5.41, 5.74) is 1.39. The van der Waals surface area contributed by atoms with Crippen molar-refractivity contribution in [3.63, 3.8) is 0 Å². The molecule has 0 radical (unpaired) electrons. The number of furan rings is 1. The lowest BCUT2D eigenvalue weighted by Crippen LogP contribution is -2.10. The molecule has 3 aromatic rings. The van der Waals surface area contributed by atoms with Crippen LogP contribution in [0.4, 0.5) is 0 Å². The second-order valence-electron chi connectivity index (χ2n) is 6.59. The Morgan fingerprint density at radius 1 is 1.07 bits per heavy atom. The molecular formula is C23H18O6. The highest BCUT2D eigenvalue weighted by atomic mass is 16.5. The standard InChI is InChI=1S/C23H18O6/c1-13-10-16(28-23(25)17-6-4-5-7-18(17)26-3)12-19-21(13)22(24)20(29-19)11-15-9-8-14(2)27-15/h4-12H,1-3H3/b20-11-. The third kappa shape index (κ3) is 3.52. The van der Waals surface area contributed by atoms with Crippen molar-refractivity contribution in [2.75, 3.05) is 7.11 Å². The van der Waals surface area contributed by atoms with Crippen molar-refractivity contribution in [3.8, 4) is 17.2 Å². The van der Waals surface area contributed by atoms with Crippen molar-refractivity contribution in [3.05, 3.63) is 82.5 Å². The van der Waals surface area contributed by atoms with Crippen molar-refractivity contribution < 1.29 is 28.2 Å². The zero-order valence-corrected chi connectivity index (χ0v) is 16.1. The van der Waals surface area contributed by atoms with E-state index in [9.17, 15) is 9.59 Å². The highest BCUT2D eigenvalue weighted by Gasteiger charge is 2.30. The maximum absolute atomic E-state index is 12.7. The fourth-order valence-electron chi connectivity index (χ4n) is 3.17. The van der Waals surface area contributed by atoms with E-state index in [1.165, 1.54) is 13.2 Å². The van der Waals surface area contributed by atoms with Crippen LogP contribution >= 0.6 is 0 Å². The van der Waals surface area contributed by atoms with Gasteiger partial charge in [-0.1, -0.05) is 12.1 Å². The van der Waals surface area contributed by atoms with E-state index in [0.717, 1.165) is 5.76 Å². The van der Waals surface area contributed by atoms with Gasteiger partial charge < -0.3 is 18.6 Å². The predicted molar refractivity (Wildman–Crippen MR) is 106 cm³/mol. The van der Waals surface area contributed by atoms with Crippen molar-refractivity contribution in [2.45, 2.75) is 13.8 Å². The molecule has 1 aliphatic heterocycles. The number of hydrogen-bond acceptors (Lipinski definition) is 6. The molecule has 1 aromatic heterocycles. The normalized spacial score (nSPS) is 13.9. The monoisotopic (exact) mass is 390 g/mol. The van der Waals surface area contributed by atoms with Crippen molar-refractivity contribution in [1.29, 1.82) is 0 Å². The van der Waals surface area contributed by atoms with Crippen molar-refractivity contribution >= 4 is 17.8 Å². The molecule has 6 nitrogen and oxygen atoms in total. The Kier molecular flexibility index (Phi) is 4.68. The summed E-state index contributed by atoms with van der Waals surface area (Å²) in [7, 11) is 1.49. The molecule has 6 heteroatoms. The zero-order valence-electron chi connectivity index (χ0n) is 16.1. The van der Waals surface area contributed by atoms with E-state index in [1.54, 1.807) is 55.5 Å². The van der Waals surface area contributed by atoms with Crippen LogP contribution in [-0.2, 0) is 0 Å². The van der Waals surface area contributed by atoms with Gasteiger partial charge >= 0.3 is 5.97 Å². The summed E-state index contributed by atoms with van der Waals surface area (Å²) in [4.78, 5) is 25.3. The van der Waals surface area contributed by atoms with Crippen LogP contribution in [0, 0.1) is 13.8 Å². The second kappa shape index (κ2) is 7.31. The van der Waals surface area contributed by atoms with Gasteiger partial charge in [-0.2, -0.15) is 0 Å². The maximum atomic E-state index is 12.7. The number of carbonyl (C=O) groups excluding carboxylic acids is 2. The Balaban J connectivity index is 1.62. The highest BCUT2D eigenvalue weighted by Crippen LogP contribution is 2.38. The zero-order chi connectivity index (χ0) is 20.5. The summed E-state index contributed by atoms with van der Waals surface area (Å²) in [6, 6.07) is 13.5. The van der Waals surface area contributed by atoms with Gasteiger partial charge in [0.1, 0.15) is 34.3 Å². The highest BCUT2D eigenvalue weighted by molar-refractivity contribution is 6.15. The molecule has 0 aliphatic carbocycles. The molecule has 0 fully saturated rings. The van der Waals surface area contributed by atoms with Crippen molar-refractivity contribution in [1.82, 2.24) is 0 Å². The van der Waals surface area contributed by atoms with E-state index in [-0.39, 0.29) is 17.3 Å². The Hall–Kier alpha value is -3.80. The molecule has 0 unspecified atom stereocenters. The first-order chi connectivity index (χ1) is 14.0. The van der Waals surface area contributed by atoms with Gasteiger partial charge in [-0.3, -0.25) is 4.79 Å². The average molecular weight is 390 g/mol. The summed E-state index contributed by atoms with van der Waals surface area (Å²) in [6.45, 7) is 3.58. The van der Waals surface area contributed by atoms with Crippen LogP contribution in [0.15, 0.2) is 58.7 Å². The minimum Gasteiger partial charge on any atom is -0.496 e. The molecular weight excluding hydrogens is 372 g/mol. The minimum atomic E-state index is -0.562. The Morgan fingerprint density at radius 3 is 2.59 bits per heavy atom. The van der Waals surface area contributed by atoms with Gasteiger partial charge in [0.25, 0.3) is 0 Å². The fraction of sp³-hybridized carbons (Fsp3) is 0.130. The molecule has 0 saturated carbocycles. The number of ketones is 1. The molecule has 0 amide bonds. The molecule has 29 heavy (non-hydrogen) atoms. The van der Waals surface area contributed by atoms with Crippen LogP contribution < -0.4 is 14.2 Å². The predicted octanol–water partition coefficient (Wildman–Crippen LogP) is 4.74. The summed E-state index contributed by atoms with van der Waals surface area (Å²) >= 11 is 0. The number of esters is 1. The number of allylic oxidation sites excluding steroid dienone is 1. The van der Waals surface area contributed by atoms with Crippen LogP contribution in [0.2, 0.25) is 0 Å². The van der Waals surface area contributed by atoms with Crippen LogP contribution in [0.25, 0.3) is 6.08 Å². The molecule has 0 saturated heterocycles. The first kappa shape index (κ1) is 18.6. The molecule has 146 valence electrons. The molecule has 2 heterocycles. The fourth-order valence-corrected chi connectivity index (χ4v) is 3.17. The van der Waals surface area contributed by atoms with E-state index in [0.29, 0.717) is 33.9 Å². The second-order valence-corrected chi connectivity index (χ2v) is 6.59. The number of ether oxygens (including phenoxy) is 3. The summed E-state index contributed by atoms with van der Waals surface area (Å²) in [6.07, 6.45) is 1.55. The van der Waals surface area contributed by atoms with Gasteiger partial charge in [-0.05, 0) is 49.7 Å². The average Bonchev–Trinajstić information content (AvgIpc) is 3.25. The minimum absolute atomic E-state index is 0.158. The SMILES string of the molecule is COc1ccccc1C(=O)Oc1cc(C)c2c(c1)O/C(=C\c1ccc(C)o1)C2=O. The van der Waals surface area contributed by atoms with E-state index in [4.69, 9.17) is 18.6 Å². The number of benzene rings is 2. The molecule has 2 aromatic carbocycles. The lowest BCUT2D eigenvalue weighted by molar-refractivity contribution is 0.0731. The Morgan fingerprint density at radius 2 is 1.86 bits per heavy atom. The molecule has 0 N–H and O–H groups in total. The smallest absolute Gasteiger partial charge is 0.347 e. The summed E-state index contributed by atoms with van der Waals surface area (Å²) in [5, 5.41) is 0. The van der Waals surface area contributed by atoms with E-state index >= 15 is 0 Å². The Bertz CT molecular complexity index is 1150. The van der Waals surface area contributed by atoms with Gasteiger partial charge in [0.15, 0.2) is 5.76 Å². The largest absolute Gasteiger partial charge is 0.496 e. The van der Waals surface area contributed by atoms with Crippen LogP contribution in [0.1, 0.15) is 37.8 Å².